The molecule has 0 aromatic heterocycles. The summed E-state index contributed by atoms with van der Waals surface area (Å²) < 4.78 is 35.4. The van der Waals surface area contributed by atoms with Gasteiger partial charge in [0.05, 0.1) is 0 Å². The van der Waals surface area contributed by atoms with Crippen molar-refractivity contribution in [3.05, 3.63) is 0 Å². The van der Waals surface area contributed by atoms with Crippen molar-refractivity contribution >= 4 is 11.8 Å². The normalized spacial score (nSPS) is 10.4. The van der Waals surface area contributed by atoms with Crippen LogP contribution in [0.2, 0.25) is 0 Å². The molecule has 0 bridgehead atoms. The fraction of sp³-hybridized carbons (Fsp3) is 0.846. The molecule has 0 aliphatic carbocycles. The summed E-state index contributed by atoms with van der Waals surface area (Å²) in [4.78, 5) is 20.4. The highest BCUT2D eigenvalue weighted by Gasteiger charge is 2.32. The fourth-order valence-electron chi connectivity index (χ4n) is 1.27. The zero-order chi connectivity index (χ0) is 15.3. The summed E-state index contributed by atoms with van der Waals surface area (Å²) in [5.41, 5.74) is 0. The Morgan fingerprint density at radius 1 is 1.00 bits per heavy atom. The first-order valence-electron chi connectivity index (χ1n) is 6.50. The van der Waals surface area contributed by atoms with E-state index < -0.39 is 12.3 Å². The number of halogens is 3. The molecule has 19 heavy (non-hydrogen) atoms. The second-order valence-electron chi connectivity index (χ2n) is 4.10. The molecule has 0 aromatic carbocycles. The van der Waals surface area contributed by atoms with Crippen molar-refractivity contribution in [2.24, 2.45) is 0 Å². The molecule has 0 radical (unpaired) electrons. The molecule has 6 heteroatoms. The molecule has 3 nitrogen and oxygen atoms in total. The highest BCUT2D eigenvalue weighted by molar-refractivity contribution is 5.77. The first-order valence-corrected chi connectivity index (χ1v) is 6.50. The van der Waals surface area contributed by atoms with E-state index in [9.17, 15) is 22.8 Å². The van der Waals surface area contributed by atoms with Crippen LogP contribution in [-0.4, -0.2) is 18.1 Å². The molecule has 0 heterocycles. The van der Waals surface area contributed by atoms with Gasteiger partial charge in [0, 0.05) is 19.8 Å². The summed E-state index contributed by atoms with van der Waals surface area (Å²) in [6, 6.07) is 0. The summed E-state index contributed by atoms with van der Waals surface area (Å²) in [6.45, 7) is 4.83. The lowest BCUT2D eigenvalue weighted by Crippen LogP contribution is -2.16. The van der Waals surface area contributed by atoms with E-state index in [0.717, 1.165) is 12.8 Å². The maximum Gasteiger partial charge on any atom is 0.575 e. The number of ketones is 1. The van der Waals surface area contributed by atoms with Crippen LogP contribution in [-0.2, 0) is 14.3 Å². The molecular weight excluding hydrogens is 261 g/mol. The molecule has 0 atom stereocenters. The average Bonchev–Trinajstić information content (AvgIpc) is 2.26. The molecular formula is C13H23F3O3. The summed E-state index contributed by atoms with van der Waals surface area (Å²) in [6.07, 6.45) is 2.93. The lowest BCUT2D eigenvalue weighted by Gasteiger charge is -2.02. The zero-order valence-electron chi connectivity index (χ0n) is 11.8. The van der Waals surface area contributed by atoms with Gasteiger partial charge < -0.3 is 4.74 Å². The Balaban J connectivity index is 0. The molecule has 0 aliphatic rings. The molecule has 0 unspecified atom stereocenters. The minimum absolute atomic E-state index is 0.418. The Hall–Kier alpha value is -1.07. The van der Waals surface area contributed by atoms with Crippen molar-refractivity contribution in [2.45, 2.75) is 72.1 Å². The van der Waals surface area contributed by atoms with Gasteiger partial charge >= 0.3 is 12.3 Å². The van der Waals surface area contributed by atoms with Crippen molar-refractivity contribution < 1.29 is 27.5 Å². The predicted molar refractivity (Wildman–Crippen MR) is 66.5 cm³/mol. The van der Waals surface area contributed by atoms with Crippen molar-refractivity contribution in [1.29, 1.82) is 0 Å². The molecule has 0 rings (SSSR count). The lowest BCUT2D eigenvalue weighted by molar-refractivity contribution is -0.304. The third-order valence-electron chi connectivity index (χ3n) is 2.21. The van der Waals surface area contributed by atoms with E-state index in [1.165, 1.54) is 25.7 Å². The van der Waals surface area contributed by atoms with Gasteiger partial charge in [0.15, 0.2) is 0 Å². The van der Waals surface area contributed by atoms with E-state index in [1.807, 2.05) is 6.92 Å². The monoisotopic (exact) mass is 284 g/mol. The second kappa shape index (κ2) is 12.0. The molecule has 0 spiro atoms. The number of esters is 1. The van der Waals surface area contributed by atoms with Crippen molar-refractivity contribution in [3.8, 4) is 0 Å². The van der Waals surface area contributed by atoms with E-state index in [1.54, 1.807) is 0 Å². The van der Waals surface area contributed by atoms with Gasteiger partial charge in [-0.2, -0.15) is 0 Å². The van der Waals surface area contributed by atoms with Crippen molar-refractivity contribution in [3.63, 3.8) is 0 Å². The molecule has 0 aliphatic heterocycles. The molecule has 0 saturated carbocycles. The van der Waals surface area contributed by atoms with Gasteiger partial charge in [0.1, 0.15) is 5.78 Å². The molecule has 0 aromatic rings. The largest absolute Gasteiger partial charge is 0.575 e. The summed E-state index contributed by atoms with van der Waals surface area (Å²) in [5, 5.41) is 0. The van der Waals surface area contributed by atoms with Gasteiger partial charge in [0.2, 0.25) is 0 Å². The van der Waals surface area contributed by atoms with Crippen LogP contribution in [0, 0.1) is 0 Å². The number of carbonyl (C=O) groups is 2. The van der Waals surface area contributed by atoms with Crippen LogP contribution in [0.1, 0.15) is 65.7 Å². The molecule has 0 amide bonds. The van der Waals surface area contributed by atoms with Gasteiger partial charge in [-0.25, -0.2) is 0 Å². The van der Waals surface area contributed by atoms with Gasteiger partial charge in [-0.15, -0.1) is 13.2 Å². The first-order chi connectivity index (χ1) is 8.72. The summed E-state index contributed by atoms with van der Waals surface area (Å²) in [7, 11) is 0. The number of hydrogen-bond donors (Lipinski definition) is 0. The highest BCUT2D eigenvalue weighted by Crippen LogP contribution is 2.15. The van der Waals surface area contributed by atoms with Crippen LogP contribution in [0.25, 0.3) is 0 Å². The minimum atomic E-state index is -4.83. The Morgan fingerprint density at radius 3 is 1.84 bits per heavy atom. The van der Waals surface area contributed by atoms with Gasteiger partial charge in [-0.3, -0.25) is 9.59 Å². The van der Waals surface area contributed by atoms with E-state index in [-0.39, 0.29) is 0 Å². The maximum atomic E-state index is 10.9. The van der Waals surface area contributed by atoms with E-state index >= 15 is 0 Å². The first kappa shape index (κ1) is 20.3. The second-order valence-corrected chi connectivity index (χ2v) is 4.10. The Morgan fingerprint density at radius 2 is 1.53 bits per heavy atom. The Labute approximate surface area is 112 Å². The van der Waals surface area contributed by atoms with E-state index in [2.05, 4.69) is 11.7 Å². The number of Topliss-reactive ketones (excluding diaryl/α,β-unsaturated/α-hetero) is 1. The quantitative estimate of drug-likeness (QED) is 0.514. The van der Waals surface area contributed by atoms with Crippen LogP contribution in [0.3, 0.4) is 0 Å². The zero-order valence-corrected chi connectivity index (χ0v) is 11.8. The van der Waals surface area contributed by atoms with E-state index in [0.29, 0.717) is 19.1 Å². The van der Waals surface area contributed by atoms with Gasteiger partial charge in [0.25, 0.3) is 0 Å². The van der Waals surface area contributed by atoms with Crippen LogP contribution >= 0.6 is 0 Å². The number of unbranched alkanes of at least 4 members (excludes halogenated alkanes) is 4. The lowest BCUT2D eigenvalue weighted by atomic mass is 10.1. The van der Waals surface area contributed by atoms with Gasteiger partial charge in [-0.1, -0.05) is 39.5 Å². The third kappa shape index (κ3) is 22.6. The number of ether oxygens (including phenoxy) is 1. The van der Waals surface area contributed by atoms with Crippen LogP contribution in [0.15, 0.2) is 0 Å². The number of alkyl halides is 3. The van der Waals surface area contributed by atoms with Crippen molar-refractivity contribution in [1.82, 2.24) is 0 Å². The minimum Gasteiger partial charge on any atom is -0.373 e. The molecule has 114 valence electrons. The summed E-state index contributed by atoms with van der Waals surface area (Å²) >= 11 is 0. The summed E-state index contributed by atoms with van der Waals surface area (Å²) in [5.74, 6) is -0.931. The number of hydrogen-bond acceptors (Lipinski definition) is 3. The SMILES string of the molecule is CC(=O)OC(F)(F)F.CCCCCCCC(=O)CC. The standard InChI is InChI=1S/C10H20O.C3H3F3O2/c1-3-5-6-7-8-9-10(11)4-2;1-2(7)8-3(4,5)6/h3-9H2,1-2H3;1H3. The highest BCUT2D eigenvalue weighted by atomic mass is 19.4. The number of carbonyl (C=O) groups excluding carboxylic acids is 2. The third-order valence-corrected chi connectivity index (χ3v) is 2.21. The molecule has 0 N–H and O–H groups in total. The predicted octanol–water partition coefficient (Wildman–Crippen LogP) is 4.40. The van der Waals surface area contributed by atoms with Crippen LogP contribution in [0.4, 0.5) is 13.2 Å². The van der Waals surface area contributed by atoms with Crippen LogP contribution in [0.5, 0.6) is 0 Å². The van der Waals surface area contributed by atoms with Crippen LogP contribution < -0.4 is 0 Å². The average molecular weight is 284 g/mol. The topological polar surface area (TPSA) is 43.4 Å². The van der Waals surface area contributed by atoms with E-state index in [4.69, 9.17) is 0 Å². The van der Waals surface area contributed by atoms with Gasteiger partial charge in [-0.05, 0) is 6.42 Å². The van der Waals surface area contributed by atoms with Crippen molar-refractivity contribution in [2.75, 3.05) is 0 Å². The fourth-order valence-corrected chi connectivity index (χ4v) is 1.27. The Bertz CT molecular complexity index is 250. The smallest absolute Gasteiger partial charge is 0.373 e. The molecule has 0 saturated heterocycles. The maximum absolute atomic E-state index is 10.9. The Kier molecular flexibility index (Phi) is 12.8. The molecule has 0 fully saturated rings. The number of rotatable bonds is 7.